The first-order valence-electron chi connectivity index (χ1n) is 7.18. The lowest BCUT2D eigenvalue weighted by Crippen LogP contribution is -2.34. The Morgan fingerprint density at radius 3 is 3.29 bits per heavy atom. The minimum absolute atomic E-state index is 0.0548. The number of nitrogens with zero attached hydrogens (tertiary/aromatic N) is 4. The molecule has 0 aliphatic carbocycles. The number of rotatable bonds is 5. The van der Waals surface area contributed by atoms with Gasteiger partial charge in [0, 0.05) is 38.1 Å². The SMILES string of the molecule is CCOCC(=O)N1CCC(Nc2ccc3nccn3n2)C1. The Bertz CT molecular complexity index is 627. The third-order valence-corrected chi connectivity index (χ3v) is 3.58. The van der Waals surface area contributed by atoms with Crippen LogP contribution in [0, 0.1) is 0 Å². The maximum atomic E-state index is 11.9. The minimum atomic E-state index is 0.0548. The van der Waals surface area contributed by atoms with E-state index >= 15 is 0 Å². The van der Waals surface area contributed by atoms with Gasteiger partial charge in [0.1, 0.15) is 12.4 Å². The molecule has 0 saturated carbocycles. The lowest BCUT2D eigenvalue weighted by atomic mass is 10.2. The van der Waals surface area contributed by atoms with Crippen molar-refractivity contribution in [2.45, 2.75) is 19.4 Å². The smallest absolute Gasteiger partial charge is 0.248 e. The fourth-order valence-corrected chi connectivity index (χ4v) is 2.49. The number of fused-ring (bicyclic) bond motifs is 1. The van der Waals surface area contributed by atoms with Crippen molar-refractivity contribution in [2.24, 2.45) is 0 Å². The van der Waals surface area contributed by atoms with Crippen LogP contribution in [0.15, 0.2) is 24.5 Å². The third kappa shape index (κ3) is 3.13. The fraction of sp³-hybridized carbons (Fsp3) is 0.500. The highest BCUT2D eigenvalue weighted by Crippen LogP contribution is 2.15. The molecular formula is C14H19N5O2. The van der Waals surface area contributed by atoms with Gasteiger partial charge in [-0.1, -0.05) is 0 Å². The van der Waals surface area contributed by atoms with Crippen LogP contribution in [-0.2, 0) is 9.53 Å². The van der Waals surface area contributed by atoms with Gasteiger partial charge in [-0.25, -0.2) is 9.50 Å². The zero-order valence-electron chi connectivity index (χ0n) is 12.0. The highest BCUT2D eigenvalue weighted by molar-refractivity contribution is 5.77. The van der Waals surface area contributed by atoms with Crippen LogP contribution >= 0.6 is 0 Å². The van der Waals surface area contributed by atoms with Crippen molar-refractivity contribution in [3.05, 3.63) is 24.5 Å². The van der Waals surface area contributed by atoms with E-state index in [9.17, 15) is 4.79 Å². The third-order valence-electron chi connectivity index (χ3n) is 3.58. The number of carbonyl (C=O) groups excluding carboxylic acids is 1. The molecule has 1 saturated heterocycles. The number of ether oxygens (including phenoxy) is 1. The number of amides is 1. The first-order chi connectivity index (χ1) is 10.3. The van der Waals surface area contributed by atoms with Gasteiger partial charge < -0.3 is 15.0 Å². The second-order valence-corrected chi connectivity index (χ2v) is 5.06. The summed E-state index contributed by atoms with van der Waals surface area (Å²) in [6.45, 7) is 4.07. The maximum absolute atomic E-state index is 11.9. The van der Waals surface area contributed by atoms with Crippen molar-refractivity contribution in [1.82, 2.24) is 19.5 Å². The van der Waals surface area contributed by atoms with Crippen LogP contribution in [0.3, 0.4) is 0 Å². The molecule has 7 nitrogen and oxygen atoms in total. The first kappa shape index (κ1) is 13.8. The van der Waals surface area contributed by atoms with Crippen molar-refractivity contribution in [3.8, 4) is 0 Å². The first-order valence-corrected chi connectivity index (χ1v) is 7.18. The number of carbonyl (C=O) groups is 1. The molecule has 0 bridgehead atoms. The van der Waals surface area contributed by atoms with Crippen LogP contribution < -0.4 is 5.32 Å². The van der Waals surface area contributed by atoms with E-state index in [0.29, 0.717) is 13.2 Å². The van der Waals surface area contributed by atoms with Gasteiger partial charge in [0.05, 0.1) is 0 Å². The van der Waals surface area contributed by atoms with Crippen molar-refractivity contribution in [3.63, 3.8) is 0 Å². The summed E-state index contributed by atoms with van der Waals surface area (Å²) in [5.41, 5.74) is 0.820. The zero-order valence-corrected chi connectivity index (χ0v) is 12.0. The molecule has 1 fully saturated rings. The molecule has 1 N–H and O–H groups in total. The Morgan fingerprint density at radius 1 is 1.52 bits per heavy atom. The largest absolute Gasteiger partial charge is 0.372 e. The Morgan fingerprint density at radius 2 is 2.43 bits per heavy atom. The average Bonchev–Trinajstić information content (AvgIpc) is 3.13. The lowest BCUT2D eigenvalue weighted by Gasteiger charge is -2.17. The van der Waals surface area contributed by atoms with Gasteiger partial charge >= 0.3 is 0 Å². The summed E-state index contributed by atoms with van der Waals surface area (Å²) < 4.78 is 6.90. The van der Waals surface area contributed by atoms with Crippen LogP contribution in [0.1, 0.15) is 13.3 Å². The predicted molar refractivity (Wildman–Crippen MR) is 78.1 cm³/mol. The van der Waals surface area contributed by atoms with Crippen LogP contribution in [0.5, 0.6) is 0 Å². The van der Waals surface area contributed by atoms with Gasteiger partial charge in [-0.05, 0) is 25.5 Å². The number of hydrogen-bond donors (Lipinski definition) is 1. The summed E-state index contributed by atoms with van der Waals surface area (Å²) in [5, 5.41) is 7.80. The highest BCUT2D eigenvalue weighted by Gasteiger charge is 2.26. The van der Waals surface area contributed by atoms with Crippen LogP contribution in [0.4, 0.5) is 5.82 Å². The molecule has 1 unspecified atom stereocenters. The Balaban J connectivity index is 1.57. The Kier molecular flexibility index (Phi) is 4.01. The van der Waals surface area contributed by atoms with E-state index in [1.807, 2.05) is 30.2 Å². The van der Waals surface area contributed by atoms with E-state index < -0.39 is 0 Å². The molecule has 7 heteroatoms. The summed E-state index contributed by atoms with van der Waals surface area (Å²) in [6.07, 6.45) is 4.45. The van der Waals surface area contributed by atoms with Gasteiger partial charge in [0.25, 0.3) is 0 Å². The minimum Gasteiger partial charge on any atom is -0.372 e. The van der Waals surface area contributed by atoms with E-state index in [-0.39, 0.29) is 18.6 Å². The standard InChI is InChI=1S/C14H19N5O2/c1-2-21-10-14(20)18-7-5-11(9-18)16-12-3-4-13-15-6-8-19(13)17-12/h3-4,6,8,11H,2,5,7,9-10H2,1H3,(H,16,17). The van der Waals surface area contributed by atoms with E-state index in [4.69, 9.17) is 4.74 Å². The summed E-state index contributed by atoms with van der Waals surface area (Å²) in [6, 6.07) is 4.05. The number of aromatic nitrogens is 3. The molecule has 1 aliphatic heterocycles. The summed E-state index contributed by atoms with van der Waals surface area (Å²) in [5.74, 6) is 0.851. The number of anilines is 1. The molecule has 0 aromatic carbocycles. The van der Waals surface area contributed by atoms with Crippen molar-refractivity contribution < 1.29 is 9.53 Å². The van der Waals surface area contributed by atoms with Crippen molar-refractivity contribution in [2.75, 3.05) is 31.6 Å². The quantitative estimate of drug-likeness (QED) is 0.880. The molecule has 3 heterocycles. The van der Waals surface area contributed by atoms with Gasteiger partial charge in [0.15, 0.2) is 5.65 Å². The van der Waals surface area contributed by atoms with Gasteiger partial charge in [-0.15, -0.1) is 5.10 Å². The number of nitrogens with one attached hydrogen (secondary N) is 1. The summed E-state index contributed by atoms with van der Waals surface area (Å²) in [4.78, 5) is 17.9. The summed E-state index contributed by atoms with van der Waals surface area (Å²) in [7, 11) is 0. The van der Waals surface area contributed by atoms with Crippen LogP contribution in [-0.4, -0.2) is 57.8 Å². The molecule has 2 aromatic rings. The van der Waals surface area contributed by atoms with E-state index in [1.165, 1.54) is 0 Å². The topological polar surface area (TPSA) is 71.8 Å². The zero-order chi connectivity index (χ0) is 14.7. The molecule has 1 aliphatic rings. The van der Waals surface area contributed by atoms with E-state index in [0.717, 1.165) is 24.4 Å². The molecule has 2 aromatic heterocycles. The van der Waals surface area contributed by atoms with Crippen molar-refractivity contribution >= 4 is 17.4 Å². The molecule has 112 valence electrons. The molecule has 0 spiro atoms. The molecular weight excluding hydrogens is 270 g/mol. The highest BCUT2D eigenvalue weighted by atomic mass is 16.5. The van der Waals surface area contributed by atoms with Gasteiger partial charge in [-0.2, -0.15) is 0 Å². The molecule has 21 heavy (non-hydrogen) atoms. The molecule has 1 amide bonds. The Hall–Kier alpha value is -2.15. The normalized spacial score (nSPS) is 18.3. The second-order valence-electron chi connectivity index (χ2n) is 5.06. The van der Waals surface area contributed by atoms with E-state index in [2.05, 4.69) is 15.4 Å². The number of hydrogen-bond acceptors (Lipinski definition) is 5. The average molecular weight is 289 g/mol. The monoisotopic (exact) mass is 289 g/mol. The molecule has 0 radical (unpaired) electrons. The van der Waals surface area contributed by atoms with Gasteiger partial charge in [0.2, 0.25) is 5.91 Å². The number of likely N-dealkylation sites (tertiary alicyclic amines) is 1. The lowest BCUT2D eigenvalue weighted by molar-refractivity contribution is -0.134. The van der Waals surface area contributed by atoms with Crippen LogP contribution in [0.25, 0.3) is 5.65 Å². The second kappa shape index (κ2) is 6.09. The predicted octanol–water partition coefficient (Wildman–Crippen LogP) is 0.779. The van der Waals surface area contributed by atoms with Crippen molar-refractivity contribution in [1.29, 1.82) is 0 Å². The Labute approximate surface area is 122 Å². The summed E-state index contributed by atoms with van der Waals surface area (Å²) >= 11 is 0. The molecule has 1 atom stereocenters. The number of imidazole rings is 1. The van der Waals surface area contributed by atoms with Crippen LogP contribution in [0.2, 0.25) is 0 Å². The van der Waals surface area contributed by atoms with Gasteiger partial charge in [-0.3, -0.25) is 4.79 Å². The maximum Gasteiger partial charge on any atom is 0.248 e. The fourth-order valence-electron chi connectivity index (χ4n) is 2.49. The molecule has 3 rings (SSSR count). The van der Waals surface area contributed by atoms with E-state index in [1.54, 1.807) is 10.7 Å².